The molecule has 1 N–H and O–H groups in total. The Balaban J connectivity index is 1.53. The summed E-state index contributed by atoms with van der Waals surface area (Å²) in [5.41, 5.74) is 4.88. The first-order valence-corrected chi connectivity index (χ1v) is 12.5. The molecule has 5 rings (SSSR count). The van der Waals surface area contributed by atoms with Crippen molar-refractivity contribution in [1.82, 2.24) is 14.7 Å². The smallest absolute Gasteiger partial charge is 0.408 e. The number of aromatic nitrogens is 2. The monoisotopic (exact) mass is 497 g/mol. The maximum atomic E-state index is 12.5. The summed E-state index contributed by atoms with van der Waals surface area (Å²) in [6.07, 6.45) is 4.23. The fraction of sp³-hybridized carbons (Fsp3) is 0.300. The molecule has 1 amide bonds. The summed E-state index contributed by atoms with van der Waals surface area (Å²) >= 11 is 0. The van der Waals surface area contributed by atoms with Crippen LogP contribution in [-0.4, -0.2) is 34.2 Å². The highest BCUT2D eigenvalue weighted by Gasteiger charge is 2.41. The predicted octanol–water partition coefficient (Wildman–Crippen LogP) is 6.36. The largest absolute Gasteiger partial charge is 0.465 e. The highest BCUT2D eigenvalue weighted by molar-refractivity contribution is 5.91. The molecule has 0 aliphatic heterocycles. The van der Waals surface area contributed by atoms with Gasteiger partial charge in [-0.05, 0) is 57.7 Å². The van der Waals surface area contributed by atoms with Gasteiger partial charge in [0.05, 0.1) is 29.6 Å². The van der Waals surface area contributed by atoms with Gasteiger partial charge >= 0.3 is 12.1 Å². The molecule has 1 saturated carbocycles. The normalized spacial score (nSPS) is 14.6. The zero-order valence-corrected chi connectivity index (χ0v) is 21.6. The molecule has 0 spiro atoms. The summed E-state index contributed by atoms with van der Waals surface area (Å²) in [6, 6.07) is 21.7. The molecule has 7 heteroatoms. The molecular formula is C30H31N3O4. The van der Waals surface area contributed by atoms with E-state index >= 15 is 0 Å². The van der Waals surface area contributed by atoms with Crippen molar-refractivity contribution in [2.75, 3.05) is 7.11 Å². The van der Waals surface area contributed by atoms with Crippen molar-refractivity contribution in [2.45, 2.75) is 51.2 Å². The fourth-order valence-corrected chi connectivity index (χ4v) is 4.82. The number of alkyl carbamates (subject to hydrolysis) is 1. The molecule has 2 aromatic heterocycles. The minimum absolute atomic E-state index is 0.399. The molecule has 0 bridgehead atoms. The van der Waals surface area contributed by atoms with Crippen LogP contribution in [0.15, 0.2) is 72.9 Å². The first-order chi connectivity index (χ1) is 17.7. The Morgan fingerprint density at radius 3 is 2.27 bits per heavy atom. The number of fused-ring (bicyclic) bond motifs is 1. The van der Waals surface area contributed by atoms with Crippen molar-refractivity contribution in [3.8, 4) is 22.5 Å². The molecule has 0 radical (unpaired) electrons. The Bertz CT molecular complexity index is 1450. The number of esters is 1. The Morgan fingerprint density at radius 2 is 1.68 bits per heavy atom. The van der Waals surface area contributed by atoms with Gasteiger partial charge in [-0.1, -0.05) is 54.6 Å². The summed E-state index contributed by atoms with van der Waals surface area (Å²) in [5, 5.41) is 3.12. The van der Waals surface area contributed by atoms with Crippen molar-refractivity contribution < 1.29 is 19.1 Å². The molecule has 7 nitrogen and oxygen atoms in total. The molecule has 2 aromatic carbocycles. The summed E-state index contributed by atoms with van der Waals surface area (Å²) < 4.78 is 12.4. The molecular weight excluding hydrogens is 466 g/mol. The number of carbonyl (C=O) groups excluding carboxylic acids is 2. The Kier molecular flexibility index (Phi) is 6.23. The second-order valence-electron chi connectivity index (χ2n) is 10.5. The Morgan fingerprint density at radius 1 is 0.973 bits per heavy atom. The second kappa shape index (κ2) is 9.39. The summed E-state index contributed by atoms with van der Waals surface area (Å²) in [6.45, 7) is 5.59. The number of amides is 1. The number of benzene rings is 2. The van der Waals surface area contributed by atoms with E-state index in [0.717, 1.165) is 47.3 Å². The van der Waals surface area contributed by atoms with Gasteiger partial charge in [-0.25, -0.2) is 14.6 Å². The van der Waals surface area contributed by atoms with Crippen LogP contribution in [0.4, 0.5) is 4.79 Å². The van der Waals surface area contributed by atoms with Crippen LogP contribution >= 0.6 is 0 Å². The average Bonchev–Trinajstić information content (AvgIpc) is 3.24. The standard InChI is InChI=1S/C30H31N3O4/c1-29(2,3)37-28(35)32-30(16-8-17-30)23-13-11-20(12-14-23)25-26(21-9-6-5-7-10-21)33-18-15-22(27(34)36-4)19-24(33)31-25/h5-7,9-15,18-19H,8,16-17H2,1-4H3,(H,32,35). The lowest BCUT2D eigenvalue weighted by Crippen LogP contribution is -2.52. The quantitative estimate of drug-likeness (QED) is 0.325. The Labute approximate surface area is 216 Å². The summed E-state index contributed by atoms with van der Waals surface area (Å²) in [7, 11) is 1.37. The minimum Gasteiger partial charge on any atom is -0.465 e. The minimum atomic E-state index is -0.552. The molecule has 0 unspecified atom stereocenters. The van der Waals surface area contributed by atoms with Crippen LogP contribution in [0.2, 0.25) is 0 Å². The number of ether oxygens (including phenoxy) is 2. The van der Waals surface area contributed by atoms with E-state index in [1.54, 1.807) is 12.1 Å². The number of imidazole rings is 1. The zero-order chi connectivity index (χ0) is 26.2. The van der Waals surface area contributed by atoms with Crippen LogP contribution < -0.4 is 5.32 Å². The second-order valence-corrected chi connectivity index (χ2v) is 10.5. The van der Waals surface area contributed by atoms with Crippen LogP contribution in [0.1, 0.15) is 56.0 Å². The van der Waals surface area contributed by atoms with Crippen molar-refractivity contribution >= 4 is 17.7 Å². The van der Waals surface area contributed by atoms with Gasteiger partial charge < -0.3 is 14.8 Å². The number of pyridine rings is 1. The number of carbonyl (C=O) groups is 2. The van der Waals surface area contributed by atoms with E-state index in [4.69, 9.17) is 14.5 Å². The van der Waals surface area contributed by atoms with Gasteiger partial charge in [0.1, 0.15) is 11.2 Å². The van der Waals surface area contributed by atoms with Gasteiger partial charge in [0, 0.05) is 17.3 Å². The number of rotatable bonds is 5. The van der Waals surface area contributed by atoms with E-state index < -0.39 is 23.2 Å². The maximum absolute atomic E-state index is 12.5. The highest BCUT2D eigenvalue weighted by Crippen LogP contribution is 2.42. The molecule has 0 saturated heterocycles. The molecule has 4 aromatic rings. The van der Waals surface area contributed by atoms with Crippen LogP contribution in [0.3, 0.4) is 0 Å². The van der Waals surface area contributed by atoms with E-state index in [-0.39, 0.29) is 0 Å². The number of hydrogen-bond acceptors (Lipinski definition) is 5. The average molecular weight is 498 g/mol. The molecule has 37 heavy (non-hydrogen) atoms. The number of nitrogens with one attached hydrogen (secondary N) is 1. The van der Waals surface area contributed by atoms with E-state index in [2.05, 4.69) is 17.4 Å². The third-order valence-electron chi connectivity index (χ3n) is 6.75. The molecule has 1 fully saturated rings. The van der Waals surface area contributed by atoms with Crippen LogP contribution in [0.25, 0.3) is 28.2 Å². The van der Waals surface area contributed by atoms with Gasteiger partial charge in [0.25, 0.3) is 0 Å². The van der Waals surface area contributed by atoms with Crippen LogP contribution in [0.5, 0.6) is 0 Å². The number of hydrogen-bond donors (Lipinski definition) is 1. The van der Waals surface area contributed by atoms with Crippen LogP contribution in [-0.2, 0) is 15.0 Å². The Hall–Kier alpha value is -4.13. The van der Waals surface area contributed by atoms with Crippen molar-refractivity contribution in [3.05, 3.63) is 84.1 Å². The lowest BCUT2D eigenvalue weighted by molar-refractivity contribution is 0.0377. The van der Waals surface area contributed by atoms with E-state index in [0.29, 0.717) is 11.2 Å². The molecule has 1 aliphatic carbocycles. The topological polar surface area (TPSA) is 81.9 Å². The first-order valence-electron chi connectivity index (χ1n) is 12.5. The van der Waals surface area contributed by atoms with Crippen LogP contribution in [0, 0.1) is 0 Å². The van der Waals surface area contributed by atoms with E-state index in [9.17, 15) is 9.59 Å². The van der Waals surface area contributed by atoms with Crippen molar-refractivity contribution in [3.63, 3.8) is 0 Å². The lowest BCUT2D eigenvalue weighted by atomic mass is 9.71. The van der Waals surface area contributed by atoms with Crippen molar-refractivity contribution in [1.29, 1.82) is 0 Å². The summed E-state index contributed by atoms with van der Waals surface area (Å²) in [5.74, 6) is -0.402. The maximum Gasteiger partial charge on any atom is 0.408 e. The predicted molar refractivity (Wildman–Crippen MR) is 142 cm³/mol. The third-order valence-corrected chi connectivity index (χ3v) is 6.75. The molecule has 1 aliphatic rings. The zero-order valence-electron chi connectivity index (χ0n) is 21.6. The van der Waals surface area contributed by atoms with Gasteiger partial charge in [0.15, 0.2) is 0 Å². The molecule has 2 heterocycles. The van der Waals surface area contributed by atoms with Gasteiger partial charge in [-0.3, -0.25) is 4.40 Å². The summed E-state index contributed by atoms with van der Waals surface area (Å²) in [4.78, 5) is 29.6. The third kappa shape index (κ3) is 4.81. The lowest BCUT2D eigenvalue weighted by Gasteiger charge is -2.43. The molecule has 190 valence electrons. The molecule has 0 atom stereocenters. The SMILES string of the molecule is COC(=O)c1ccn2c(-c3ccccc3)c(-c3ccc(C4(NC(=O)OC(C)(C)C)CCC4)cc3)nc2c1. The van der Waals surface area contributed by atoms with E-state index in [1.165, 1.54) is 7.11 Å². The first kappa shape index (κ1) is 24.6. The number of nitrogens with zero attached hydrogens (tertiary/aromatic N) is 2. The fourth-order valence-electron chi connectivity index (χ4n) is 4.82. The number of methoxy groups -OCH3 is 1. The van der Waals surface area contributed by atoms with Crippen molar-refractivity contribution in [2.24, 2.45) is 0 Å². The van der Waals surface area contributed by atoms with E-state index in [1.807, 2.05) is 73.8 Å². The van der Waals surface area contributed by atoms with Gasteiger partial charge in [-0.2, -0.15) is 0 Å². The van der Waals surface area contributed by atoms with Gasteiger partial charge in [0.2, 0.25) is 0 Å². The van der Waals surface area contributed by atoms with Gasteiger partial charge in [-0.15, -0.1) is 0 Å². The highest BCUT2D eigenvalue weighted by atomic mass is 16.6.